The summed E-state index contributed by atoms with van der Waals surface area (Å²) in [4.78, 5) is 41.4. The summed E-state index contributed by atoms with van der Waals surface area (Å²) in [5.74, 6) is -0.192. The van der Waals surface area contributed by atoms with Gasteiger partial charge in [-0.1, -0.05) is 24.8 Å². The zero-order valence-corrected chi connectivity index (χ0v) is 22.7. The van der Waals surface area contributed by atoms with Gasteiger partial charge in [0.2, 0.25) is 11.8 Å². The number of ether oxygens (including phenoxy) is 1. The van der Waals surface area contributed by atoms with Crippen molar-refractivity contribution >= 4 is 44.7 Å². The smallest absolute Gasteiger partial charge is 0.262 e. The lowest BCUT2D eigenvalue weighted by molar-refractivity contribution is -0.125. The van der Waals surface area contributed by atoms with Gasteiger partial charge in [-0.2, -0.15) is 5.10 Å². The Hall–Kier alpha value is -4.65. The number of nitrogens with two attached hydrogens (primary N) is 3. The number of Topliss-reactive ketones (excluding diaryl/α,β-unsaturated/α-hetero) is 1. The molecule has 4 aromatic rings. The lowest BCUT2D eigenvalue weighted by Gasteiger charge is -2.36. The van der Waals surface area contributed by atoms with E-state index < -0.39 is 17.4 Å². The topological polar surface area (TPSA) is 180 Å². The molecule has 1 saturated heterocycles. The zero-order chi connectivity index (χ0) is 28.9. The van der Waals surface area contributed by atoms with E-state index in [1.54, 1.807) is 59.6 Å². The van der Waals surface area contributed by atoms with Gasteiger partial charge in [0, 0.05) is 48.0 Å². The Kier molecular flexibility index (Phi) is 6.53. The molecule has 41 heavy (non-hydrogen) atoms. The van der Waals surface area contributed by atoms with Gasteiger partial charge < -0.3 is 32.2 Å². The largest absolute Gasteiger partial charge is 0.438 e. The van der Waals surface area contributed by atoms with Crippen LogP contribution < -0.4 is 27.3 Å². The van der Waals surface area contributed by atoms with E-state index >= 15 is 0 Å². The minimum Gasteiger partial charge on any atom is -0.438 e. The molecule has 0 bridgehead atoms. The van der Waals surface area contributed by atoms with Crippen LogP contribution in [0, 0.1) is 0 Å². The summed E-state index contributed by atoms with van der Waals surface area (Å²) >= 11 is 1.18. The van der Waals surface area contributed by atoms with Crippen molar-refractivity contribution in [2.75, 3.05) is 18.8 Å². The van der Waals surface area contributed by atoms with Gasteiger partial charge in [0.05, 0.1) is 15.6 Å². The maximum atomic E-state index is 14.0. The molecule has 3 atom stereocenters. The number of carbonyl (C=O) groups is 3. The highest BCUT2D eigenvalue weighted by Gasteiger charge is 2.49. The van der Waals surface area contributed by atoms with E-state index in [0.29, 0.717) is 68.5 Å². The highest BCUT2D eigenvalue weighted by atomic mass is 32.1. The SMILES string of the molecule is C=CC(=O)N1CCC(NC(=O)c2sc3c(N)ccc4c3c2C(N)C(=O)C4(N)c2ccc(Oc3cccnn3)cc2)C1. The second kappa shape index (κ2) is 10.1. The van der Waals surface area contributed by atoms with E-state index in [1.165, 1.54) is 17.4 Å². The molecule has 2 aliphatic rings. The van der Waals surface area contributed by atoms with Crippen LogP contribution >= 0.6 is 11.3 Å². The summed E-state index contributed by atoms with van der Waals surface area (Å²) in [7, 11) is 0. The number of carbonyl (C=O) groups excluding carboxylic acids is 3. The maximum Gasteiger partial charge on any atom is 0.262 e. The number of nitrogen functional groups attached to an aromatic ring is 1. The van der Waals surface area contributed by atoms with Crippen LogP contribution in [0.2, 0.25) is 0 Å². The Bertz CT molecular complexity index is 1710. The van der Waals surface area contributed by atoms with Crippen molar-refractivity contribution in [2.24, 2.45) is 11.5 Å². The third-order valence-electron chi connectivity index (χ3n) is 7.61. The third kappa shape index (κ3) is 4.32. The highest BCUT2D eigenvalue weighted by molar-refractivity contribution is 7.21. The summed E-state index contributed by atoms with van der Waals surface area (Å²) in [6, 6.07) is 12.2. The van der Waals surface area contributed by atoms with Crippen molar-refractivity contribution in [3.8, 4) is 11.6 Å². The van der Waals surface area contributed by atoms with Crippen LogP contribution in [0.25, 0.3) is 10.1 Å². The van der Waals surface area contributed by atoms with Crippen LogP contribution in [-0.2, 0) is 15.1 Å². The summed E-state index contributed by atoms with van der Waals surface area (Å²) < 4.78 is 6.37. The zero-order valence-electron chi connectivity index (χ0n) is 21.9. The van der Waals surface area contributed by atoms with Gasteiger partial charge in [-0.05, 0) is 47.9 Å². The number of rotatable bonds is 6. The predicted molar refractivity (Wildman–Crippen MR) is 154 cm³/mol. The fourth-order valence-corrected chi connectivity index (χ4v) is 6.76. The number of nitrogens with zero attached hydrogens (tertiary/aromatic N) is 3. The quantitative estimate of drug-likeness (QED) is 0.200. The molecule has 6 rings (SSSR count). The van der Waals surface area contributed by atoms with E-state index in [1.807, 2.05) is 0 Å². The summed E-state index contributed by atoms with van der Waals surface area (Å²) in [6.45, 7) is 4.41. The van der Waals surface area contributed by atoms with Gasteiger partial charge in [-0.3, -0.25) is 14.4 Å². The molecule has 1 fully saturated rings. The monoisotopic (exact) mass is 569 g/mol. The molecule has 12 heteroatoms. The molecule has 1 aliphatic heterocycles. The first-order valence-electron chi connectivity index (χ1n) is 12.9. The molecule has 208 valence electrons. The molecule has 1 aliphatic carbocycles. The molecule has 3 heterocycles. The minimum absolute atomic E-state index is 0.184. The number of amides is 2. The number of ketones is 1. The van der Waals surface area contributed by atoms with Gasteiger partial charge in [0.1, 0.15) is 11.3 Å². The van der Waals surface area contributed by atoms with E-state index in [-0.39, 0.29) is 17.9 Å². The fraction of sp³-hybridized carbons (Fsp3) is 0.207. The van der Waals surface area contributed by atoms with E-state index in [4.69, 9.17) is 21.9 Å². The Morgan fingerprint density at radius 3 is 2.68 bits per heavy atom. The van der Waals surface area contributed by atoms with Crippen LogP contribution in [0.5, 0.6) is 11.6 Å². The van der Waals surface area contributed by atoms with Gasteiger partial charge in [0.15, 0.2) is 5.78 Å². The van der Waals surface area contributed by atoms with Crippen molar-refractivity contribution in [1.82, 2.24) is 20.4 Å². The Morgan fingerprint density at radius 2 is 1.98 bits per heavy atom. The highest BCUT2D eigenvalue weighted by Crippen LogP contribution is 2.49. The Morgan fingerprint density at radius 1 is 1.20 bits per heavy atom. The molecular weight excluding hydrogens is 542 g/mol. The lowest BCUT2D eigenvalue weighted by atomic mass is 9.70. The number of nitrogens with one attached hydrogen (secondary N) is 1. The summed E-state index contributed by atoms with van der Waals surface area (Å²) in [5, 5.41) is 11.3. The van der Waals surface area contributed by atoms with Gasteiger partial charge in [-0.15, -0.1) is 16.4 Å². The lowest BCUT2D eigenvalue weighted by Crippen LogP contribution is -2.52. The number of benzene rings is 2. The standard InChI is InChI=1S/C29H27N7O4S/c1-2-21(37)36-13-11-16(14-36)34-28(39)26-23-22-18(9-10-19(30)25(22)41-26)29(32,27(38)24(23)31)15-5-7-17(8-6-15)40-20-4-3-12-33-35-20/h2-10,12,16,24H,1,11,13-14,30-32H2,(H,34,39). The van der Waals surface area contributed by atoms with E-state index in [0.717, 1.165) is 0 Å². The molecule has 3 unspecified atom stereocenters. The number of thiophene rings is 1. The van der Waals surface area contributed by atoms with Crippen LogP contribution in [0.3, 0.4) is 0 Å². The van der Waals surface area contributed by atoms with Crippen molar-refractivity contribution in [3.63, 3.8) is 0 Å². The molecule has 2 aromatic heterocycles. The van der Waals surface area contributed by atoms with Crippen molar-refractivity contribution in [1.29, 1.82) is 0 Å². The van der Waals surface area contributed by atoms with Crippen LogP contribution in [0.15, 0.2) is 67.4 Å². The number of hydrogen-bond acceptors (Lipinski definition) is 10. The third-order valence-corrected chi connectivity index (χ3v) is 8.86. The van der Waals surface area contributed by atoms with Gasteiger partial charge in [-0.25, -0.2) is 0 Å². The molecule has 0 radical (unpaired) electrons. The van der Waals surface area contributed by atoms with Crippen LogP contribution in [-0.4, -0.2) is 51.8 Å². The Labute approximate surface area is 239 Å². The second-order valence-corrected chi connectivity index (χ2v) is 11.1. The molecular formula is C29H27N7O4S. The fourth-order valence-electron chi connectivity index (χ4n) is 5.55. The first-order valence-corrected chi connectivity index (χ1v) is 13.8. The molecule has 7 N–H and O–H groups in total. The average Bonchev–Trinajstić information content (AvgIpc) is 3.62. The Balaban J connectivity index is 1.37. The number of anilines is 1. The maximum absolute atomic E-state index is 14.0. The minimum atomic E-state index is -1.59. The first-order chi connectivity index (χ1) is 19.7. The average molecular weight is 570 g/mol. The van der Waals surface area contributed by atoms with Gasteiger partial charge >= 0.3 is 0 Å². The van der Waals surface area contributed by atoms with Gasteiger partial charge in [0.25, 0.3) is 5.91 Å². The van der Waals surface area contributed by atoms with E-state index in [9.17, 15) is 14.4 Å². The number of aromatic nitrogens is 2. The molecule has 2 aromatic carbocycles. The predicted octanol–water partition coefficient (Wildman–Crippen LogP) is 2.37. The van der Waals surface area contributed by atoms with Crippen LogP contribution in [0.1, 0.15) is 38.8 Å². The molecule has 11 nitrogen and oxygen atoms in total. The van der Waals surface area contributed by atoms with Crippen molar-refractivity contribution in [3.05, 3.63) is 89.0 Å². The molecule has 0 spiro atoms. The normalized spacial score (nSPS) is 21.6. The summed E-state index contributed by atoms with van der Waals surface area (Å²) in [6.07, 6.45) is 3.40. The molecule has 0 saturated carbocycles. The number of likely N-dealkylation sites (tertiary alicyclic amines) is 1. The van der Waals surface area contributed by atoms with Crippen molar-refractivity contribution in [2.45, 2.75) is 24.0 Å². The van der Waals surface area contributed by atoms with Crippen molar-refractivity contribution < 1.29 is 19.1 Å². The molecule has 2 amide bonds. The first kappa shape index (κ1) is 26.6. The number of hydrogen-bond donors (Lipinski definition) is 4. The van der Waals surface area contributed by atoms with Crippen LogP contribution in [0.4, 0.5) is 5.69 Å². The van der Waals surface area contributed by atoms with E-state index in [2.05, 4.69) is 22.1 Å². The second-order valence-electron chi connectivity index (χ2n) is 10.0. The summed E-state index contributed by atoms with van der Waals surface area (Å²) in [5.41, 5.74) is 20.2.